The van der Waals surface area contributed by atoms with Crippen LogP contribution in [0.2, 0.25) is 0 Å². The normalized spacial score (nSPS) is 12.4. The average Bonchev–Trinajstić information content (AvgIpc) is 2.44. The first-order chi connectivity index (χ1) is 9.22. The molecule has 1 unspecified atom stereocenters. The second-order valence-electron chi connectivity index (χ2n) is 4.36. The summed E-state index contributed by atoms with van der Waals surface area (Å²) in [5, 5.41) is 3.23. The van der Waals surface area contributed by atoms with Gasteiger partial charge in [-0.05, 0) is 38.6 Å². The third-order valence-corrected chi connectivity index (χ3v) is 3.01. The second-order valence-corrected chi connectivity index (χ2v) is 4.36. The van der Waals surface area contributed by atoms with Crippen LogP contribution in [0.3, 0.4) is 0 Å². The molecule has 4 nitrogen and oxygen atoms in total. The maximum Gasteiger partial charge on any atom is 0.124 e. The minimum Gasteiger partial charge on any atom is -0.494 e. The first kappa shape index (κ1) is 16.0. The Labute approximate surface area is 116 Å². The monoisotopic (exact) mass is 267 g/mol. The van der Waals surface area contributed by atoms with Gasteiger partial charge in [-0.2, -0.15) is 0 Å². The van der Waals surface area contributed by atoms with Crippen LogP contribution in [0.4, 0.5) is 0 Å². The lowest BCUT2D eigenvalue weighted by Gasteiger charge is -2.16. The summed E-state index contributed by atoms with van der Waals surface area (Å²) in [5.41, 5.74) is 2.31. The third-order valence-electron chi connectivity index (χ3n) is 3.01. The van der Waals surface area contributed by atoms with Gasteiger partial charge < -0.3 is 19.5 Å². The van der Waals surface area contributed by atoms with Crippen molar-refractivity contribution in [3.8, 4) is 5.75 Å². The molecule has 0 saturated heterocycles. The van der Waals surface area contributed by atoms with Crippen molar-refractivity contribution in [3.05, 3.63) is 29.3 Å². The Balaban J connectivity index is 2.76. The van der Waals surface area contributed by atoms with E-state index in [-0.39, 0.29) is 0 Å². The highest BCUT2D eigenvalue weighted by atomic mass is 16.5. The molecule has 0 saturated carbocycles. The molecule has 0 amide bonds. The Bertz CT molecular complexity index is 368. The Hall–Kier alpha value is -1.10. The van der Waals surface area contributed by atoms with E-state index in [0.29, 0.717) is 32.5 Å². The molecule has 1 rings (SSSR count). The zero-order valence-corrected chi connectivity index (χ0v) is 12.4. The van der Waals surface area contributed by atoms with Crippen LogP contribution in [0.25, 0.3) is 0 Å². The van der Waals surface area contributed by atoms with Crippen molar-refractivity contribution in [2.45, 2.75) is 26.5 Å². The van der Waals surface area contributed by atoms with E-state index in [2.05, 4.69) is 24.4 Å². The van der Waals surface area contributed by atoms with Gasteiger partial charge in [-0.3, -0.25) is 0 Å². The Morgan fingerprint density at radius 3 is 2.68 bits per heavy atom. The number of hydrogen-bond donors (Lipinski definition) is 1. The van der Waals surface area contributed by atoms with Gasteiger partial charge in [0.1, 0.15) is 5.75 Å². The zero-order chi connectivity index (χ0) is 14.1. The fraction of sp³-hybridized carbons (Fsp3) is 0.600. The van der Waals surface area contributed by atoms with Crippen LogP contribution < -0.4 is 10.1 Å². The van der Waals surface area contributed by atoms with Crippen LogP contribution in [0.5, 0.6) is 5.75 Å². The van der Waals surface area contributed by atoms with E-state index >= 15 is 0 Å². The van der Waals surface area contributed by atoms with E-state index in [1.165, 1.54) is 5.56 Å². The Morgan fingerprint density at radius 1 is 1.26 bits per heavy atom. The number of rotatable bonds is 9. The molecule has 0 fully saturated rings. The summed E-state index contributed by atoms with van der Waals surface area (Å²) in [6.07, 6.45) is 0. The van der Waals surface area contributed by atoms with Gasteiger partial charge in [0.15, 0.2) is 0 Å². The number of benzene rings is 1. The average molecular weight is 267 g/mol. The van der Waals surface area contributed by atoms with Gasteiger partial charge in [-0.1, -0.05) is 6.07 Å². The van der Waals surface area contributed by atoms with E-state index in [9.17, 15) is 0 Å². The Morgan fingerprint density at radius 2 is 2.05 bits per heavy atom. The van der Waals surface area contributed by atoms with Gasteiger partial charge in [0.25, 0.3) is 0 Å². The van der Waals surface area contributed by atoms with E-state index in [1.54, 1.807) is 7.11 Å². The van der Waals surface area contributed by atoms with Gasteiger partial charge >= 0.3 is 0 Å². The SMILES string of the molecule is CCOc1ccc(C(C)NC)cc1COCCOC. The number of ether oxygens (including phenoxy) is 3. The summed E-state index contributed by atoms with van der Waals surface area (Å²) >= 11 is 0. The van der Waals surface area contributed by atoms with Gasteiger partial charge in [-0.15, -0.1) is 0 Å². The summed E-state index contributed by atoms with van der Waals surface area (Å²) in [4.78, 5) is 0. The molecule has 0 radical (unpaired) electrons. The van der Waals surface area contributed by atoms with Crippen molar-refractivity contribution in [2.24, 2.45) is 0 Å². The summed E-state index contributed by atoms with van der Waals surface area (Å²) in [6, 6.07) is 6.55. The molecule has 1 aromatic carbocycles. The molecule has 19 heavy (non-hydrogen) atoms. The highest BCUT2D eigenvalue weighted by Gasteiger charge is 2.09. The molecule has 4 heteroatoms. The van der Waals surface area contributed by atoms with Crippen LogP contribution in [-0.2, 0) is 16.1 Å². The molecule has 108 valence electrons. The summed E-state index contributed by atoms with van der Waals surface area (Å²) in [7, 11) is 3.63. The van der Waals surface area contributed by atoms with Crippen LogP contribution in [0, 0.1) is 0 Å². The van der Waals surface area contributed by atoms with Gasteiger partial charge in [0.2, 0.25) is 0 Å². The molecule has 0 aliphatic rings. The van der Waals surface area contributed by atoms with Gasteiger partial charge in [0.05, 0.1) is 26.4 Å². The zero-order valence-electron chi connectivity index (χ0n) is 12.4. The molecule has 1 aromatic rings. The number of nitrogens with one attached hydrogen (secondary N) is 1. The highest BCUT2D eigenvalue weighted by molar-refractivity contribution is 5.38. The first-order valence-corrected chi connectivity index (χ1v) is 6.72. The fourth-order valence-corrected chi connectivity index (χ4v) is 1.77. The topological polar surface area (TPSA) is 39.7 Å². The fourth-order valence-electron chi connectivity index (χ4n) is 1.77. The lowest BCUT2D eigenvalue weighted by Crippen LogP contribution is -2.13. The smallest absolute Gasteiger partial charge is 0.124 e. The number of methoxy groups -OCH3 is 1. The van der Waals surface area contributed by atoms with Crippen molar-refractivity contribution >= 4 is 0 Å². The molecule has 0 aliphatic carbocycles. The van der Waals surface area contributed by atoms with E-state index in [1.807, 2.05) is 20.0 Å². The lowest BCUT2D eigenvalue weighted by molar-refractivity contribution is 0.0605. The van der Waals surface area contributed by atoms with Crippen LogP contribution in [0.1, 0.15) is 31.0 Å². The molecular weight excluding hydrogens is 242 g/mol. The molecule has 0 aliphatic heterocycles. The maximum atomic E-state index is 5.63. The second kappa shape index (κ2) is 8.91. The van der Waals surface area contributed by atoms with E-state index in [4.69, 9.17) is 14.2 Å². The van der Waals surface area contributed by atoms with Crippen LogP contribution in [-0.4, -0.2) is 34.0 Å². The lowest BCUT2D eigenvalue weighted by atomic mass is 10.0. The molecule has 0 aromatic heterocycles. The molecule has 0 heterocycles. The summed E-state index contributed by atoms with van der Waals surface area (Å²) < 4.78 is 16.2. The standard InChI is InChI=1S/C15H25NO3/c1-5-19-15-7-6-13(12(2)16-3)10-14(15)11-18-9-8-17-4/h6-7,10,12,16H,5,8-9,11H2,1-4H3. The summed E-state index contributed by atoms with van der Waals surface area (Å²) in [6.45, 7) is 6.52. The predicted molar refractivity (Wildman–Crippen MR) is 76.6 cm³/mol. The van der Waals surface area contributed by atoms with Crippen LogP contribution in [0.15, 0.2) is 18.2 Å². The molecule has 0 bridgehead atoms. The van der Waals surface area contributed by atoms with E-state index in [0.717, 1.165) is 11.3 Å². The van der Waals surface area contributed by atoms with Crippen molar-refractivity contribution < 1.29 is 14.2 Å². The first-order valence-electron chi connectivity index (χ1n) is 6.72. The quantitative estimate of drug-likeness (QED) is 0.698. The van der Waals surface area contributed by atoms with Gasteiger partial charge in [-0.25, -0.2) is 0 Å². The van der Waals surface area contributed by atoms with Crippen molar-refractivity contribution in [1.29, 1.82) is 0 Å². The van der Waals surface area contributed by atoms with E-state index < -0.39 is 0 Å². The molecule has 0 spiro atoms. The minimum absolute atomic E-state index is 0.313. The maximum absolute atomic E-state index is 5.63. The largest absolute Gasteiger partial charge is 0.494 e. The predicted octanol–water partition coefficient (Wildman–Crippen LogP) is 2.53. The van der Waals surface area contributed by atoms with Crippen molar-refractivity contribution in [1.82, 2.24) is 5.32 Å². The highest BCUT2D eigenvalue weighted by Crippen LogP contribution is 2.24. The molecule has 1 atom stereocenters. The third kappa shape index (κ3) is 5.19. The molecule has 1 N–H and O–H groups in total. The van der Waals surface area contributed by atoms with Crippen LogP contribution >= 0.6 is 0 Å². The number of hydrogen-bond acceptors (Lipinski definition) is 4. The summed E-state index contributed by atoms with van der Waals surface area (Å²) in [5.74, 6) is 0.895. The molecular formula is C15H25NO3. The van der Waals surface area contributed by atoms with Crippen molar-refractivity contribution in [2.75, 3.05) is 34.0 Å². The van der Waals surface area contributed by atoms with Crippen molar-refractivity contribution in [3.63, 3.8) is 0 Å². The Kier molecular flexibility index (Phi) is 7.48. The van der Waals surface area contributed by atoms with Gasteiger partial charge in [0, 0.05) is 18.7 Å². The minimum atomic E-state index is 0.313.